The predicted molar refractivity (Wildman–Crippen MR) is 42.5 cm³/mol. The summed E-state index contributed by atoms with van der Waals surface area (Å²) < 4.78 is 0. The number of hydrogen-bond acceptors (Lipinski definition) is 3. The van der Waals surface area contributed by atoms with Crippen LogP contribution in [0.1, 0.15) is 12.8 Å². The summed E-state index contributed by atoms with van der Waals surface area (Å²) in [6.45, 7) is 0. The Labute approximate surface area is 64.8 Å². The molecule has 0 bridgehead atoms. The molecule has 9 heavy (non-hydrogen) atoms. The SMILES string of the molecule is ClNNC1CCSCC1. The molecule has 1 aliphatic rings. The largest absolute Gasteiger partial charge is 0.241 e. The average Bonchev–Trinajstić information content (AvgIpc) is 1.91. The van der Waals surface area contributed by atoms with Crippen molar-refractivity contribution in [2.24, 2.45) is 0 Å². The van der Waals surface area contributed by atoms with Crippen LogP contribution >= 0.6 is 23.5 Å². The lowest BCUT2D eigenvalue weighted by molar-refractivity contribution is 0.471. The Morgan fingerprint density at radius 1 is 1.33 bits per heavy atom. The summed E-state index contributed by atoms with van der Waals surface area (Å²) in [6.07, 6.45) is 2.45. The number of nitrogens with one attached hydrogen (secondary N) is 2. The van der Waals surface area contributed by atoms with E-state index in [2.05, 4.69) is 10.4 Å². The molecule has 2 N–H and O–H groups in total. The van der Waals surface area contributed by atoms with Gasteiger partial charge in [0.15, 0.2) is 0 Å². The molecule has 54 valence electrons. The van der Waals surface area contributed by atoms with Crippen molar-refractivity contribution >= 4 is 23.5 Å². The smallest absolute Gasteiger partial charge is 0.0241 e. The summed E-state index contributed by atoms with van der Waals surface area (Å²) in [5.41, 5.74) is 2.99. The molecule has 1 aliphatic heterocycles. The molecule has 0 aliphatic carbocycles. The van der Waals surface area contributed by atoms with Crippen LogP contribution in [0, 0.1) is 0 Å². The van der Waals surface area contributed by atoms with Crippen molar-refractivity contribution in [2.45, 2.75) is 18.9 Å². The van der Waals surface area contributed by atoms with Gasteiger partial charge in [0.1, 0.15) is 0 Å². The highest BCUT2D eigenvalue weighted by atomic mass is 35.5. The standard InChI is InChI=1S/C5H11ClN2S/c6-8-7-5-1-3-9-4-2-5/h5,7-8H,1-4H2. The monoisotopic (exact) mass is 166 g/mol. The molecule has 0 aromatic carbocycles. The topological polar surface area (TPSA) is 24.1 Å². The molecular weight excluding hydrogens is 156 g/mol. The lowest BCUT2D eigenvalue weighted by Crippen LogP contribution is -2.37. The highest BCUT2D eigenvalue weighted by Crippen LogP contribution is 2.16. The zero-order valence-electron chi connectivity index (χ0n) is 5.19. The second kappa shape index (κ2) is 4.39. The maximum Gasteiger partial charge on any atom is 0.0241 e. The minimum absolute atomic E-state index is 0.587. The van der Waals surface area contributed by atoms with Gasteiger partial charge in [0.2, 0.25) is 0 Å². The third-order valence-electron chi connectivity index (χ3n) is 1.48. The van der Waals surface area contributed by atoms with Crippen molar-refractivity contribution in [2.75, 3.05) is 11.5 Å². The predicted octanol–water partition coefficient (Wildman–Crippen LogP) is 1.13. The van der Waals surface area contributed by atoms with Crippen LogP contribution in [0.5, 0.6) is 0 Å². The van der Waals surface area contributed by atoms with Gasteiger partial charge in [0.25, 0.3) is 0 Å². The molecule has 2 nitrogen and oxygen atoms in total. The third kappa shape index (κ3) is 2.76. The van der Waals surface area contributed by atoms with E-state index in [1.165, 1.54) is 24.3 Å². The molecular formula is C5H11ClN2S. The Balaban J connectivity index is 2.08. The van der Waals surface area contributed by atoms with Crippen LogP contribution in [-0.2, 0) is 0 Å². The molecule has 0 spiro atoms. The summed E-state index contributed by atoms with van der Waals surface area (Å²) in [7, 11) is 0. The van der Waals surface area contributed by atoms with Crippen molar-refractivity contribution in [3.63, 3.8) is 0 Å². The van der Waals surface area contributed by atoms with Crippen LogP contribution in [-0.4, -0.2) is 17.5 Å². The van der Waals surface area contributed by atoms with Gasteiger partial charge in [-0.2, -0.15) is 16.7 Å². The van der Waals surface area contributed by atoms with E-state index in [4.69, 9.17) is 11.8 Å². The molecule has 0 amide bonds. The van der Waals surface area contributed by atoms with Gasteiger partial charge in [-0.05, 0) is 36.1 Å². The van der Waals surface area contributed by atoms with Crippen LogP contribution in [0.2, 0.25) is 0 Å². The highest BCUT2D eigenvalue weighted by molar-refractivity contribution is 7.99. The molecule has 0 atom stereocenters. The minimum Gasteiger partial charge on any atom is -0.241 e. The normalized spacial score (nSPS) is 22.3. The summed E-state index contributed by atoms with van der Waals surface area (Å²) >= 11 is 7.28. The van der Waals surface area contributed by atoms with Gasteiger partial charge in [-0.15, -0.1) is 0 Å². The Bertz CT molecular complexity index is 72.6. The fourth-order valence-corrected chi connectivity index (χ4v) is 2.18. The van der Waals surface area contributed by atoms with Crippen LogP contribution in [0.3, 0.4) is 0 Å². The molecule has 1 heterocycles. The molecule has 4 heteroatoms. The first kappa shape index (κ1) is 7.66. The first-order valence-corrected chi connectivity index (χ1v) is 4.65. The van der Waals surface area contributed by atoms with E-state index in [-0.39, 0.29) is 0 Å². The molecule has 0 unspecified atom stereocenters. The molecule has 1 rings (SSSR count). The molecule has 0 saturated carbocycles. The molecule has 1 fully saturated rings. The van der Waals surface area contributed by atoms with E-state index in [9.17, 15) is 0 Å². The first-order valence-electron chi connectivity index (χ1n) is 3.12. The van der Waals surface area contributed by atoms with Crippen molar-refractivity contribution < 1.29 is 0 Å². The first-order chi connectivity index (χ1) is 4.43. The van der Waals surface area contributed by atoms with Crippen molar-refractivity contribution in [1.29, 1.82) is 0 Å². The van der Waals surface area contributed by atoms with Gasteiger partial charge in [0, 0.05) is 6.04 Å². The van der Waals surface area contributed by atoms with E-state index in [1.807, 2.05) is 11.8 Å². The Morgan fingerprint density at radius 2 is 2.00 bits per heavy atom. The maximum absolute atomic E-state index is 5.27. The summed E-state index contributed by atoms with van der Waals surface area (Å²) in [6, 6.07) is 0.587. The maximum atomic E-state index is 5.27. The molecule has 0 aromatic rings. The quantitative estimate of drug-likeness (QED) is 0.475. The van der Waals surface area contributed by atoms with E-state index in [1.54, 1.807) is 0 Å². The zero-order valence-corrected chi connectivity index (χ0v) is 6.76. The van der Waals surface area contributed by atoms with Gasteiger partial charge in [-0.3, -0.25) is 0 Å². The van der Waals surface area contributed by atoms with E-state index >= 15 is 0 Å². The van der Waals surface area contributed by atoms with E-state index < -0.39 is 0 Å². The average molecular weight is 167 g/mol. The van der Waals surface area contributed by atoms with Crippen LogP contribution < -0.4 is 10.4 Å². The number of hydrogen-bond donors (Lipinski definition) is 2. The van der Waals surface area contributed by atoms with Crippen molar-refractivity contribution in [1.82, 2.24) is 10.4 Å². The summed E-state index contributed by atoms with van der Waals surface area (Å²) in [5.74, 6) is 2.52. The van der Waals surface area contributed by atoms with Gasteiger partial charge in [0.05, 0.1) is 0 Å². The van der Waals surface area contributed by atoms with Crippen LogP contribution in [0.15, 0.2) is 0 Å². The number of rotatable bonds is 2. The van der Waals surface area contributed by atoms with E-state index in [0.29, 0.717) is 6.04 Å². The third-order valence-corrected chi connectivity index (χ3v) is 2.64. The molecule has 1 saturated heterocycles. The fourth-order valence-electron chi connectivity index (χ4n) is 0.919. The van der Waals surface area contributed by atoms with Crippen molar-refractivity contribution in [3.8, 4) is 0 Å². The Morgan fingerprint density at radius 3 is 2.56 bits per heavy atom. The zero-order chi connectivity index (χ0) is 6.53. The van der Waals surface area contributed by atoms with E-state index in [0.717, 1.165) is 0 Å². The summed E-state index contributed by atoms with van der Waals surface area (Å²) in [5, 5.41) is 0. The second-order valence-electron chi connectivity index (χ2n) is 2.13. The lowest BCUT2D eigenvalue weighted by Gasteiger charge is -2.20. The van der Waals surface area contributed by atoms with Crippen LogP contribution in [0.25, 0.3) is 0 Å². The second-order valence-corrected chi connectivity index (χ2v) is 3.54. The molecule has 0 aromatic heterocycles. The van der Waals surface area contributed by atoms with Gasteiger partial charge in [-0.1, -0.05) is 0 Å². The van der Waals surface area contributed by atoms with Gasteiger partial charge >= 0.3 is 0 Å². The Kier molecular flexibility index (Phi) is 3.74. The van der Waals surface area contributed by atoms with Gasteiger partial charge < -0.3 is 0 Å². The summed E-state index contributed by atoms with van der Waals surface area (Å²) in [4.78, 5) is 2.45. The lowest BCUT2D eigenvalue weighted by atomic mass is 10.2. The number of halogens is 1. The molecule has 0 radical (unpaired) electrons. The van der Waals surface area contributed by atoms with Gasteiger partial charge in [-0.25, -0.2) is 5.43 Å². The minimum atomic E-state index is 0.587. The van der Waals surface area contributed by atoms with Crippen LogP contribution in [0.4, 0.5) is 0 Å². The Hall–Kier alpha value is 0.560. The number of hydrazine groups is 1. The highest BCUT2D eigenvalue weighted by Gasteiger charge is 2.11. The number of thioether (sulfide) groups is 1. The van der Waals surface area contributed by atoms with Crippen molar-refractivity contribution in [3.05, 3.63) is 0 Å². The fraction of sp³-hybridized carbons (Fsp3) is 1.00.